The van der Waals surface area contributed by atoms with Gasteiger partial charge in [-0.3, -0.25) is 0 Å². The number of aliphatic imine (C=N–C) groups is 1. The lowest BCUT2D eigenvalue weighted by atomic mass is 10.3. The molecule has 0 amide bonds. The molecule has 0 saturated carbocycles. The smallest absolute Gasteiger partial charge is 0.248 e. The van der Waals surface area contributed by atoms with Gasteiger partial charge in [0.2, 0.25) is 5.89 Å². The quantitative estimate of drug-likeness (QED) is 0.248. The van der Waals surface area contributed by atoms with Crippen LogP contribution < -0.4 is 20.1 Å². The van der Waals surface area contributed by atoms with Crippen LogP contribution >= 0.6 is 11.8 Å². The lowest BCUT2D eigenvalue weighted by Gasteiger charge is -2.14. The summed E-state index contributed by atoms with van der Waals surface area (Å²) in [5.74, 6) is 4.07. The zero-order valence-electron chi connectivity index (χ0n) is 17.3. The topological polar surface area (TPSA) is 93.8 Å². The number of nitrogens with one attached hydrogen (secondary N) is 2. The van der Waals surface area contributed by atoms with Crippen LogP contribution in [0.1, 0.15) is 18.1 Å². The summed E-state index contributed by atoms with van der Waals surface area (Å²) in [7, 11) is 0. The third-order valence-electron chi connectivity index (χ3n) is 4.36. The van der Waals surface area contributed by atoms with Crippen molar-refractivity contribution in [2.24, 2.45) is 4.99 Å². The largest absolute Gasteiger partial charge is 0.490 e. The number of hydrogen-bond acceptors (Lipinski definition) is 7. The molecule has 8 nitrogen and oxygen atoms in total. The molecule has 0 aliphatic carbocycles. The predicted molar refractivity (Wildman–Crippen MR) is 121 cm³/mol. The Morgan fingerprint density at radius 3 is 2.74 bits per heavy atom. The van der Waals surface area contributed by atoms with Gasteiger partial charge in [-0.1, -0.05) is 23.4 Å². The number of benzene rings is 2. The first-order valence-corrected chi connectivity index (χ1v) is 11.2. The third kappa shape index (κ3) is 6.39. The van der Waals surface area contributed by atoms with Crippen molar-refractivity contribution in [3.05, 3.63) is 60.2 Å². The molecule has 0 spiro atoms. The highest BCUT2D eigenvalue weighted by atomic mass is 32.2. The normalized spacial score (nSPS) is 13.5. The van der Waals surface area contributed by atoms with Crippen molar-refractivity contribution in [1.82, 2.24) is 15.5 Å². The number of fused-ring (bicyclic) bond motifs is 1. The van der Waals surface area contributed by atoms with E-state index in [1.165, 1.54) is 4.90 Å². The van der Waals surface area contributed by atoms with E-state index in [1.54, 1.807) is 18.7 Å². The Labute approximate surface area is 185 Å². The number of anilines is 1. The Morgan fingerprint density at radius 2 is 1.94 bits per heavy atom. The van der Waals surface area contributed by atoms with Crippen LogP contribution in [0.4, 0.5) is 5.69 Å². The van der Waals surface area contributed by atoms with E-state index in [9.17, 15) is 0 Å². The second-order valence-corrected chi connectivity index (χ2v) is 7.99. The van der Waals surface area contributed by atoms with Crippen molar-refractivity contribution < 1.29 is 14.0 Å². The minimum Gasteiger partial charge on any atom is -0.490 e. The summed E-state index contributed by atoms with van der Waals surface area (Å²) >= 11 is 1.78. The van der Waals surface area contributed by atoms with Crippen LogP contribution in [0.25, 0.3) is 0 Å². The molecule has 0 atom stereocenters. The zero-order valence-corrected chi connectivity index (χ0v) is 18.2. The van der Waals surface area contributed by atoms with Crippen LogP contribution in [0.5, 0.6) is 11.5 Å². The molecule has 0 fully saturated rings. The molecule has 162 valence electrons. The molecular weight excluding hydrogens is 414 g/mol. The number of nitrogens with zero attached hydrogens (tertiary/aromatic N) is 3. The number of aryl methyl sites for hydroxylation is 1. The maximum Gasteiger partial charge on any atom is 0.248 e. The van der Waals surface area contributed by atoms with Crippen molar-refractivity contribution >= 4 is 23.4 Å². The second-order valence-electron chi connectivity index (χ2n) is 6.83. The van der Waals surface area contributed by atoms with Crippen molar-refractivity contribution in [3.8, 4) is 11.5 Å². The summed E-state index contributed by atoms with van der Waals surface area (Å²) in [5, 5.41) is 10.5. The molecule has 1 aliphatic rings. The molecule has 9 heteroatoms. The third-order valence-corrected chi connectivity index (χ3v) is 5.37. The van der Waals surface area contributed by atoms with Crippen molar-refractivity contribution in [2.45, 2.75) is 24.8 Å². The average Bonchev–Trinajstić information content (AvgIpc) is 3.07. The molecule has 2 heterocycles. The van der Waals surface area contributed by atoms with Gasteiger partial charge in [0.1, 0.15) is 6.54 Å². The van der Waals surface area contributed by atoms with Gasteiger partial charge in [0.15, 0.2) is 23.3 Å². The summed E-state index contributed by atoms with van der Waals surface area (Å²) in [6.07, 6.45) is 0.869. The van der Waals surface area contributed by atoms with E-state index in [1.807, 2.05) is 36.4 Å². The van der Waals surface area contributed by atoms with Gasteiger partial charge in [-0.2, -0.15) is 4.98 Å². The second kappa shape index (κ2) is 10.7. The summed E-state index contributed by atoms with van der Waals surface area (Å²) in [6, 6.07) is 16.1. The Balaban J connectivity index is 1.40. The van der Waals surface area contributed by atoms with E-state index in [0.29, 0.717) is 30.9 Å². The number of ether oxygens (including phenoxy) is 2. The maximum atomic E-state index is 5.79. The van der Waals surface area contributed by atoms with E-state index in [2.05, 4.69) is 37.9 Å². The summed E-state index contributed by atoms with van der Waals surface area (Å²) in [5.41, 5.74) is 0.855. The number of guanidine groups is 1. The van der Waals surface area contributed by atoms with Crippen LogP contribution in [0.2, 0.25) is 0 Å². The fraction of sp³-hybridized carbons (Fsp3) is 0.318. The lowest BCUT2D eigenvalue weighted by molar-refractivity contribution is 0.297. The molecule has 2 N–H and O–H groups in total. The fourth-order valence-electron chi connectivity index (χ4n) is 2.92. The van der Waals surface area contributed by atoms with E-state index < -0.39 is 0 Å². The molecule has 2 aromatic carbocycles. The number of aromatic nitrogens is 2. The minimum absolute atomic E-state index is 0.284. The Kier molecular flexibility index (Phi) is 7.28. The van der Waals surface area contributed by atoms with Gasteiger partial charge >= 0.3 is 0 Å². The van der Waals surface area contributed by atoms with Gasteiger partial charge < -0.3 is 24.6 Å². The van der Waals surface area contributed by atoms with Crippen LogP contribution in [-0.2, 0) is 6.54 Å². The summed E-state index contributed by atoms with van der Waals surface area (Å²) in [6.45, 7) is 4.11. The Bertz CT molecular complexity index is 1010. The molecular formula is C22H25N5O3S. The highest BCUT2D eigenvalue weighted by Gasteiger charge is 2.12. The van der Waals surface area contributed by atoms with Gasteiger partial charge in [0.05, 0.1) is 13.2 Å². The number of hydrogen-bond donors (Lipinski definition) is 2. The first-order valence-electron chi connectivity index (χ1n) is 10.2. The summed E-state index contributed by atoms with van der Waals surface area (Å²) < 4.78 is 16.7. The van der Waals surface area contributed by atoms with Crippen molar-refractivity contribution in [2.75, 3.05) is 30.8 Å². The van der Waals surface area contributed by atoms with E-state index in [0.717, 1.165) is 35.9 Å². The summed E-state index contributed by atoms with van der Waals surface area (Å²) in [4.78, 5) is 10.0. The highest BCUT2D eigenvalue weighted by molar-refractivity contribution is 7.99. The van der Waals surface area contributed by atoms with Crippen molar-refractivity contribution in [1.29, 1.82) is 0 Å². The molecule has 3 aromatic rings. The van der Waals surface area contributed by atoms with Gasteiger partial charge in [-0.15, -0.1) is 11.8 Å². The zero-order chi connectivity index (χ0) is 21.3. The van der Waals surface area contributed by atoms with Crippen LogP contribution in [0, 0.1) is 6.92 Å². The molecule has 1 aromatic heterocycles. The van der Waals surface area contributed by atoms with Gasteiger partial charge in [0, 0.05) is 35.4 Å². The first kappa shape index (κ1) is 21.0. The van der Waals surface area contributed by atoms with Gasteiger partial charge in [-0.25, -0.2) is 4.99 Å². The predicted octanol–water partition coefficient (Wildman–Crippen LogP) is 3.89. The highest BCUT2D eigenvalue weighted by Crippen LogP contribution is 2.32. The van der Waals surface area contributed by atoms with Gasteiger partial charge in [0.25, 0.3) is 0 Å². The standard InChI is InChI=1S/C22H25N5O3S/c1-16-25-21(30-27-16)15-24-22(23-10-13-31-18-6-3-2-4-7-18)26-17-8-9-19-20(14-17)29-12-5-11-28-19/h2-4,6-9,14H,5,10-13,15H2,1H3,(H2,23,24,26). The molecule has 0 radical (unpaired) electrons. The van der Waals surface area contributed by atoms with Crippen LogP contribution in [-0.4, -0.2) is 41.6 Å². The Hall–Kier alpha value is -3.20. The maximum absolute atomic E-state index is 5.79. The molecule has 4 rings (SSSR count). The molecule has 31 heavy (non-hydrogen) atoms. The monoisotopic (exact) mass is 439 g/mol. The minimum atomic E-state index is 0.284. The molecule has 0 unspecified atom stereocenters. The van der Waals surface area contributed by atoms with Gasteiger partial charge in [-0.05, 0) is 31.2 Å². The lowest BCUT2D eigenvalue weighted by Crippen LogP contribution is -2.32. The number of thioether (sulfide) groups is 1. The van der Waals surface area contributed by atoms with Crippen molar-refractivity contribution in [3.63, 3.8) is 0 Å². The first-order chi connectivity index (χ1) is 15.3. The fourth-order valence-corrected chi connectivity index (χ4v) is 3.71. The number of rotatable bonds is 7. The van der Waals surface area contributed by atoms with E-state index >= 15 is 0 Å². The van der Waals surface area contributed by atoms with E-state index in [4.69, 9.17) is 14.0 Å². The van der Waals surface area contributed by atoms with Crippen LogP contribution in [0.15, 0.2) is 62.9 Å². The molecule has 0 saturated heterocycles. The SMILES string of the molecule is Cc1noc(CN=C(NCCSc2ccccc2)Nc2ccc3c(c2)OCCCO3)n1. The molecule has 0 bridgehead atoms. The Morgan fingerprint density at radius 1 is 1.10 bits per heavy atom. The van der Waals surface area contributed by atoms with E-state index in [-0.39, 0.29) is 6.54 Å². The average molecular weight is 440 g/mol. The van der Waals surface area contributed by atoms with Crippen LogP contribution in [0.3, 0.4) is 0 Å². The molecule has 1 aliphatic heterocycles.